The molecule has 6 nitrogen and oxygen atoms in total. The first-order valence-corrected chi connectivity index (χ1v) is 13.8. The van der Waals surface area contributed by atoms with Crippen molar-refractivity contribution in [2.24, 2.45) is 5.92 Å². The molecule has 42 heavy (non-hydrogen) atoms. The Kier molecular flexibility index (Phi) is 5.87. The van der Waals surface area contributed by atoms with Crippen molar-refractivity contribution in [3.8, 4) is 5.75 Å². The number of carbonyl (C=O) groups is 3. The van der Waals surface area contributed by atoms with Crippen molar-refractivity contribution < 1.29 is 23.5 Å². The fourth-order valence-corrected chi connectivity index (χ4v) is 7.06. The van der Waals surface area contributed by atoms with Gasteiger partial charge in [-0.15, -0.1) is 0 Å². The molecule has 4 aromatic carbocycles. The zero-order valence-electron chi connectivity index (χ0n) is 23.0. The largest absolute Gasteiger partial charge is 0.494 e. The van der Waals surface area contributed by atoms with Gasteiger partial charge in [-0.05, 0) is 54.0 Å². The number of hydrogen-bond acceptors (Lipinski definition) is 5. The van der Waals surface area contributed by atoms with E-state index >= 15 is 0 Å². The number of nitrogens with zero attached hydrogens (tertiary/aromatic N) is 1. The standard InChI is InChI=1S/C35H27FN2O4/c1-20-11-13-22(14-12-20)32(40)30-29(31(39)23-15-16-28(42-2)26(36)19-23)35(25-9-5-6-10-27(25)37-34(35)41)33-24-8-4-3-7-21(24)17-18-38(30)33/h3-19,29-30,33H,1-2H3,(H,37,41)/t29-,30-,33+,35-/m0/s1. The maximum atomic E-state index is 15.0. The van der Waals surface area contributed by atoms with E-state index in [2.05, 4.69) is 5.32 Å². The number of ether oxygens (including phenoxy) is 1. The van der Waals surface area contributed by atoms with Crippen LogP contribution in [0.2, 0.25) is 0 Å². The fraction of sp³-hybridized carbons (Fsp3) is 0.171. The number of anilines is 1. The number of ketones is 2. The van der Waals surface area contributed by atoms with Crippen LogP contribution in [0.25, 0.3) is 6.08 Å². The fourth-order valence-electron chi connectivity index (χ4n) is 7.06. The van der Waals surface area contributed by atoms with Gasteiger partial charge in [0.25, 0.3) is 0 Å². The Morgan fingerprint density at radius 1 is 0.905 bits per heavy atom. The molecule has 0 saturated carbocycles. The number of benzene rings is 4. The second-order valence-electron chi connectivity index (χ2n) is 11.0. The molecule has 1 spiro atoms. The number of aryl methyl sites for hydroxylation is 1. The third-order valence-electron chi connectivity index (χ3n) is 8.89. The summed E-state index contributed by atoms with van der Waals surface area (Å²) in [7, 11) is 1.35. The van der Waals surface area contributed by atoms with Gasteiger partial charge in [0.1, 0.15) is 11.5 Å². The molecule has 1 amide bonds. The Hall–Kier alpha value is -5.04. The second-order valence-corrected chi connectivity index (χ2v) is 11.0. The highest BCUT2D eigenvalue weighted by Gasteiger charge is 2.70. The van der Waals surface area contributed by atoms with Crippen molar-refractivity contribution in [2.45, 2.75) is 24.4 Å². The number of halogens is 1. The molecule has 1 N–H and O–H groups in total. The molecule has 0 radical (unpaired) electrons. The molecule has 0 bridgehead atoms. The van der Waals surface area contributed by atoms with Gasteiger partial charge < -0.3 is 15.0 Å². The van der Waals surface area contributed by atoms with Crippen LogP contribution in [0.5, 0.6) is 5.75 Å². The second kappa shape index (κ2) is 9.52. The van der Waals surface area contributed by atoms with E-state index in [0.29, 0.717) is 16.8 Å². The van der Waals surface area contributed by atoms with Gasteiger partial charge in [0.2, 0.25) is 5.91 Å². The molecule has 1 saturated heterocycles. The van der Waals surface area contributed by atoms with E-state index in [0.717, 1.165) is 22.8 Å². The maximum Gasteiger partial charge on any atom is 0.238 e. The lowest BCUT2D eigenvalue weighted by atomic mass is 9.62. The third kappa shape index (κ3) is 3.52. The molecule has 208 valence electrons. The number of methoxy groups -OCH3 is 1. The minimum Gasteiger partial charge on any atom is -0.494 e. The Labute approximate surface area is 242 Å². The Bertz CT molecular complexity index is 1810. The van der Waals surface area contributed by atoms with E-state index in [1.807, 2.05) is 78.7 Å². The van der Waals surface area contributed by atoms with E-state index in [4.69, 9.17) is 4.74 Å². The topological polar surface area (TPSA) is 75.7 Å². The van der Waals surface area contributed by atoms with Crippen molar-refractivity contribution in [1.82, 2.24) is 4.90 Å². The number of rotatable bonds is 5. The predicted molar refractivity (Wildman–Crippen MR) is 157 cm³/mol. The summed E-state index contributed by atoms with van der Waals surface area (Å²) in [6.07, 6.45) is 3.73. The summed E-state index contributed by atoms with van der Waals surface area (Å²) in [6, 6.07) is 24.5. The van der Waals surface area contributed by atoms with Gasteiger partial charge >= 0.3 is 0 Å². The summed E-state index contributed by atoms with van der Waals surface area (Å²) in [6.45, 7) is 1.93. The molecule has 0 aliphatic carbocycles. The number of nitrogens with one attached hydrogen (secondary N) is 1. The molecule has 3 aliphatic rings. The zero-order chi connectivity index (χ0) is 29.2. The van der Waals surface area contributed by atoms with Gasteiger partial charge in [-0.3, -0.25) is 14.4 Å². The smallest absolute Gasteiger partial charge is 0.238 e. The molecule has 3 heterocycles. The first kappa shape index (κ1) is 25.9. The minimum atomic E-state index is -1.48. The van der Waals surface area contributed by atoms with E-state index < -0.39 is 35.0 Å². The van der Waals surface area contributed by atoms with Crippen molar-refractivity contribution in [3.63, 3.8) is 0 Å². The van der Waals surface area contributed by atoms with Crippen LogP contribution >= 0.6 is 0 Å². The predicted octanol–water partition coefficient (Wildman–Crippen LogP) is 6.12. The number of fused-ring (bicyclic) bond motifs is 6. The quantitative estimate of drug-likeness (QED) is 0.299. The van der Waals surface area contributed by atoms with Crippen LogP contribution in [-0.2, 0) is 10.2 Å². The van der Waals surface area contributed by atoms with Crippen LogP contribution in [0.3, 0.4) is 0 Å². The van der Waals surface area contributed by atoms with Crippen LogP contribution in [0.4, 0.5) is 10.1 Å². The summed E-state index contributed by atoms with van der Waals surface area (Å²) in [5.41, 5.74) is 2.98. The number of para-hydroxylation sites is 1. The van der Waals surface area contributed by atoms with Crippen molar-refractivity contribution in [3.05, 3.63) is 136 Å². The lowest BCUT2D eigenvalue weighted by Crippen LogP contribution is -2.49. The molecule has 4 atom stereocenters. The first-order valence-electron chi connectivity index (χ1n) is 13.8. The van der Waals surface area contributed by atoms with Crippen LogP contribution in [-0.4, -0.2) is 35.5 Å². The molecule has 1 fully saturated rings. The van der Waals surface area contributed by atoms with Gasteiger partial charge in [-0.2, -0.15) is 0 Å². The van der Waals surface area contributed by atoms with Gasteiger partial charge in [-0.25, -0.2) is 4.39 Å². The molecule has 7 rings (SSSR count). The molecular weight excluding hydrogens is 531 g/mol. The maximum absolute atomic E-state index is 15.0. The van der Waals surface area contributed by atoms with Gasteiger partial charge in [-0.1, -0.05) is 72.3 Å². The van der Waals surface area contributed by atoms with Crippen LogP contribution in [0.1, 0.15) is 49.0 Å². The highest BCUT2D eigenvalue weighted by Crippen LogP contribution is 2.62. The monoisotopic (exact) mass is 558 g/mol. The SMILES string of the molecule is COc1ccc(C(=O)[C@@H]2[C@@H](C(=O)c3ccc(C)cc3)N3C=Cc4ccccc4[C@@H]3[C@@]23C(=O)Nc2ccccc23)cc1F. The van der Waals surface area contributed by atoms with E-state index in [-0.39, 0.29) is 23.0 Å². The Balaban J connectivity index is 1.52. The van der Waals surface area contributed by atoms with Crippen molar-refractivity contribution in [2.75, 3.05) is 12.4 Å². The first-order chi connectivity index (χ1) is 20.4. The number of amides is 1. The summed E-state index contributed by atoms with van der Waals surface area (Å²) in [5, 5.41) is 3.02. The average molecular weight is 559 g/mol. The summed E-state index contributed by atoms with van der Waals surface area (Å²) in [5.74, 6) is -3.02. The van der Waals surface area contributed by atoms with E-state index in [9.17, 15) is 18.8 Å². The molecule has 0 unspecified atom stereocenters. The third-order valence-corrected chi connectivity index (χ3v) is 8.89. The van der Waals surface area contributed by atoms with Crippen LogP contribution < -0.4 is 10.1 Å². The summed E-state index contributed by atoms with van der Waals surface area (Å²) < 4.78 is 20.1. The van der Waals surface area contributed by atoms with Gasteiger partial charge in [0.05, 0.1) is 19.1 Å². The van der Waals surface area contributed by atoms with Crippen LogP contribution in [0, 0.1) is 18.7 Å². The number of hydrogen-bond donors (Lipinski definition) is 1. The molecule has 3 aliphatic heterocycles. The zero-order valence-corrected chi connectivity index (χ0v) is 23.0. The Morgan fingerprint density at radius 2 is 1.62 bits per heavy atom. The van der Waals surface area contributed by atoms with E-state index in [1.54, 1.807) is 18.2 Å². The summed E-state index contributed by atoms with van der Waals surface area (Å²) in [4.78, 5) is 45.7. The number of carbonyl (C=O) groups excluding carboxylic acids is 3. The van der Waals surface area contributed by atoms with Gasteiger partial charge in [0, 0.05) is 23.0 Å². The Morgan fingerprint density at radius 3 is 2.38 bits per heavy atom. The highest BCUT2D eigenvalue weighted by molar-refractivity contribution is 6.16. The highest BCUT2D eigenvalue weighted by atomic mass is 19.1. The van der Waals surface area contributed by atoms with E-state index in [1.165, 1.54) is 19.2 Å². The average Bonchev–Trinajstić information content (AvgIpc) is 3.49. The number of Topliss-reactive ketones (excluding diaryl/α,β-unsaturated/α-hetero) is 2. The molecule has 7 heteroatoms. The lowest BCUT2D eigenvalue weighted by molar-refractivity contribution is -0.122. The van der Waals surface area contributed by atoms with Crippen LogP contribution in [0.15, 0.2) is 97.2 Å². The lowest BCUT2D eigenvalue weighted by Gasteiger charge is -2.38. The normalized spacial score (nSPS) is 23.3. The van der Waals surface area contributed by atoms with Crippen molar-refractivity contribution >= 4 is 29.2 Å². The molecule has 0 aromatic heterocycles. The molecular formula is C35H27FN2O4. The minimum absolute atomic E-state index is 0.00166. The van der Waals surface area contributed by atoms with Gasteiger partial charge in [0.15, 0.2) is 23.1 Å². The molecule has 4 aromatic rings. The summed E-state index contributed by atoms with van der Waals surface area (Å²) >= 11 is 0. The van der Waals surface area contributed by atoms with Crippen molar-refractivity contribution in [1.29, 1.82) is 0 Å².